The number of aromatic nitrogens is 2. The lowest BCUT2D eigenvalue weighted by atomic mass is 9.97. The van der Waals surface area contributed by atoms with Crippen molar-refractivity contribution in [3.05, 3.63) is 64.4 Å². The number of hydrogen-bond donors (Lipinski definition) is 2. The van der Waals surface area contributed by atoms with Crippen LogP contribution in [-0.4, -0.2) is 23.1 Å². The summed E-state index contributed by atoms with van der Waals surface area (Å²) < 4.78 is 1.15. The van der Waals surface area contributed by atoms with Crippen molar-refractivity contribution in [1.29, 1.82) is 0 Å². The number of rotatable bonds is 3. The molecule has 3 aromatic rings. The fourth-order valence-corrected chi connectivity index (χ4v) is 3.87. The molecule has 23 heavy (non-hydrogen) atoms. The van der Waals surface area contributed by atoms with Crippen molar-refractivity contribution < 1.29 is 4.90 Å². The van der Waals surface area contributed by atoms with Gasteiger partial charge in [0.2, 0.25) is 0 Å². The van der Waals surface area contributed by atoms with Crippen LogP contribution >= 0.6 is 15.9 Å². The molecule has 0 aliphatic carbocycles. The zero-order chi connectivity index (χ0) is 15.6. The third-order valence-corrected chi connectivity index (χ3v) is 5.31. The second-order valence-corrected chi connectivity index (χ2v) is 7.40. The molecule has 4 heteroatoms. The number of H-pyrrole nitrogens is 1. The number of piperidine rings is 1. The Morgan fingerprint density at radius 2 is 1.96 bits per heavy atom. The highest BCUT2D eigenvalue weighted by Gasteiger charge is 2.26. The first-order valence-corrected chi connectivity index (χ1v) is 9.10. The minimum absolute atomic E-state index is 0.543. The first kappa shape index (κ1) is 14.9. The molecule has 1 unspecified atom stereocenters. The maximum absolute atomic E-state index is 4.81. The van der Waals surface area contributed by atoms with Crippen molar-refractivity contribution in [3.8, 4) is 0 Å². The molecule has 0 bridgehead atoms. The Bertz CT molecular complexity index is 761. The van der Waals surface area contributed by atoms with Gasteiger partial charge in [-0.15, -0.1) is 0 Å². The van der Waals surface area contributed by atoms with Gasteiger partial charge in [-0.3, -0.25) is 0 Å². The zero-order valence-electron chi connectivity index (χ0n) is 13.1. The van der Waals surface area contributed by atoms with E-state index in [0.717, 1.165) is 28.6 Å². The maximum Gasteiger partial charge on any atom is 0.116 e. The average Bonchev–Trinajstić information content (AvgIpc) is 3.01. The van der Waals surface area contributed by atoms with E-state index in [1.165, 1.54) is 30.8 Å². The van der Waals surface area contributed by atoms with Gasteiger partial charge in [0.15, 0.2) is 0 Å². The number of halogens is 1. The van der Waals surface area contributed by atoms with Gasteiger partial charge in [0.1, 0.15) is 12.4 Å². The summed E-state index contributed by atoms with van der Waals surface area (Å²) in [6.07, 6.45) is 2.51. The van der Waals surface area contributed by atoms with E-state index in [9.17, 15) is 0 Å². The van der Waals surface area contributed by atoms with Crippen LogP contribution in [0.2, 0.25) is 0 Å². The molecule has 2 heterocycles. The summed E-state index contributed by atoms with van der Waals surface area (Å²) in [5, 5.41) is 0. The molecule has 2 N–H and O–H groups in total. The Balaban J connectivity index is 1.49. The summed E-state index contributed by atoms with van der Waals surface area (Å²) >= 11 is 3.51. The van der Waals surface area contributed by atoms with E-state index in [-0.39, 0.29) is 0 Å². The smallest absolute Gasteiger partial charge is 0.116 e. The largest absolute Gasteiger partial charge is 0.342 e. The molecular weight excluding hydrogens is 350 g/mol. The number of nitrogens with one attached hydrogen (secondary N) is 2. The van der Waals surface area contributed by atoms with E-state index in [4.69, 9.17) is 4.98 Å². The van der Waals surface area contributed by atoms with Crippen LogP contribution in [0, 0.1) is 0 Å². The van der Waals surface area contributed by atoms with E-state index in [1.807, 2.05) is 0 Å². The third kappa shape index (κ3) is 3.33. The van der Waals surface area contributed by atoms with Gasteiger partial charge in [-0.1, -0.05) is 40.2 Å². The third-order valence-electron chi connectivity index (χ3n) is 4.78. The van der Waals surface area contributed by atoms with Crippen LogP contribution in [-0.2, 0) is 6.54 Å². The van der Waals surface area contributed by atoms with Crippen LogP contribution in [0.1, 0.15) is 30.1 Å². The fraction of sp³-hybridized carbons (Fsp3) is 0.316. The summed E-state index contributed by atoms with van der Waals surface area (Å²) in [5.74, 6) is 1.71. The summed E-state index contributed by atoms with van der Waals surface area (Å²) in [6, 6.07) is 17.0. The number of benzene rings is 2. The number of likely N-dealkylation sites (tertiary alicyclic amines) is 1. The average molecular weight is 371 g/mol. The fourth-order valence-electron chi connectivity index (χ4n) is 3.60. The van der Waals surface area contributed by atoms with Gasteiger partial charge in [0.05, 0.1) is 30.0 Å². The molecule has 0 spiro atoms. The summed E-state index contributed by atoms with van der Waals surface area (Å²) in [6.45, 7) is 3.52. The summed E-state index contributed by atoms with van der Waals surface area (Å²) in [7, 11) is 0. The van der Waals surface area contributed by atoms with Crippen LogP contribution < -0.4 is 4.90 Å². The van der Waals surface area contributed by atoms with E-state index in [1.54, 1.807) is 4.90 Å². The van der Waals surface area contributed by atoms with Gasteiger partial charge in [0.25, 0.3) is 0 Å². The lowest BCUT2D eigenvalue weighted by molar-refractivity contribution is -0.920. The van der Waals surface area contributed by atoms with Crippen LogP contribution in [0.25, 0.3) is 11.0 Å². The predicted molar refractivity (Wildman–Crippen MR) is 96.6 cm³/mol. The SMILES string of the molecule is Brc1ccc(C[NH+]2CCC[C@@H](c3nc4ccccc4[nH]3)C2)cc1. The van der Waals surface area contributed by atoms with Gasteiger partial charge in [-0.2, -0.15) is 0 Å². The number of imidazole rings is 1. The van der Waals surface area contributed by atoms with Gasteiger partial charge in [0, 0.05) is 10.0 Å². The van der Waals surface area contributed by atoms with E-state index in [2.05, 4.69) is 69.4 Å². The maximum atomic E-state index is 4.81. The topological polar surface area (TPSA) is 33.1 Å². The molecule has 1 saturated heterocycles. The minimum atomic E-state index is 0.543. The van der Waals surface area contributed by atoms with Crippen molar-refractivity contribution in [3.63, 3.8) is 0 Å². The molecular formula is C19H21BrN3+. The lowest BCUT2D eigenvalue weighted by Gasteiger charge is -2.29. The number of hydrogen-bond acceptors (Lipinski definition) is 1. The van der Waals surface area contributed by atoms with Crippen LogP contribution in [0.5, 0.6) is 0 Å². The van der Waals surface area contributed by atoms with E-state index in [0.29, 0.717) is 5.92 Å². The number of fused-ring (bicyclic) bond motifs is 1. The Morgan fingerprint density at radius 3 is 2.78 bits per heavy atom. The van der Waals surface area contributed by atoms with Crippen molar-refractivity contribution in [2.75, 3.05) is 13.1 Å². The van der Waals surface area contributed by atoms with Crippen molar-refractivity contribution in [2.24, 2.45) is 0 Å². The molecule has 4 rings (SSSR count). The Labute approximate surface area is 144 Å². The van der Waals surface area contributed by atoms with Gasteiger partial charge >= 0.3 is 0 Å². The van der Waals surface area contributed by atoms with Gasteiger partial charge in [-0.05, 0) is 37.1 Å². The monoisotopic (exact) mass is 370 g/mol. The minimum Gasteiger partial charge on any atom is -0.342 e. The molecule has 2 aromatic carbocycles. The predicted octanol–water partition coefficient (Wildman–Crippen LogP) is 3.29. The first-order valence-electron chi connectivity index (χ1n) is 8.30. The van der Waals surface area contributed by atoms with Crippen molar-refractivity contribution >= 4 is 27.0 Å². The van der Waals surface area contributed by atoms with Crippen LogP contribution in [0.15, 0.2) is 53.0 Å². The van der Waals surface area contributed by atoms with E-state index < -0.39 is 0 Å². The summed E-state index contributed by atoms with van der Waals surface area (Å²) in [4.78, 5) is 10.00. The van der Waals surface area contributed by atoms with Crippen molar-refractivity contribution in [1.82, 2.24) is 9.97 Å². The van der Waals surface area contributed by atoms with Crippen LogP contribution in [0.3, 0.4) is 0 Å². The molecule has 1 fully saturated rings. The molecule has 0 saturated carbocycles. The highest BCUT2D eigenvalue weighted by molar-refractivity contribution is 9.10. The lowest BCUT2D eigenvalue weighted by Crippen LogP contribution is -3.12. The number of quaternary nitrogens is 1. The molecule has 1 aromatic heterocycles. The summed E-state index contributed by atoms with van der Waals surface area (Å²) in [5.41, 5.74) is 3.65. The molecule has 118 valence electrons. The quantitative estimate of drug-likeness (QED) is 0.728. The second-order valence-electron chi connectivity index (χ2n) is 6.49. The second kappa shape index (κ2) is 6.46. The zero-order valence-corrected chi connectivity index (χ0v) is 14.6. The van der Waals surface area contributed by atoms with Gasteiger partial charge < -0.3 is 9.88 Å². The molecule has 3 nitrogen and oxygen atoms in total. The molecule has 0 amide bonds. The molecule has 0 radical (unpaired) electrons. The molecule has 1 aliphatic heterocycles. The normalized spacial score (nSPS) is 21.6. The first-order chi connectivity index (χ1) is 11.3. The number of para-hydroxylation sites is 2. The standard InChI is InChI=1S/C19H20BrN3/c20-16-9-7-14(8-10-16)12-23-11-3-4-15(13-23)19-21-17-5-1-2-6-18(17)22-19/h1-2,5-10,15H,3-4,11-13H2,(H,21,22)/p+1/t15-/m1/s1. The van der Waals surface area contributed by atoms with Crippen molar-refractivity contribution in [2.45, 2.75) is 25.3 Å². The Hall–Kier alpha value is -1.65. The number of nitrogens with zero attached hydrogens (tertiary/aromatic N) is 1. The highest BCUT2D eigenvalue weighted by atomic mass is 79.9. The Kier molecular flexibility index (Phi) is 4.19. The van der Waals surface area contributed by atoms with Crippen LogP contribution in [0.4, 0.5) is 0 Å². The Morgan fingerprint density at radius 1 is 1.13 bits per heavy atom. The number of aromatic amines is 1. The molecule has 1 aliphatic rings. The van der Waals surface area contributed by atoms with Gasteiger partial charge in [-0.25, -0.2) is 4.98 Å². The van der Waals surface area contributed by atoms with E-state index >= 15 is 0 Å². The molecule has 2 atom stereocenters. The highest BCUT2D eigenvalue weighted by Crippen LogP contribution is 2.22.